The van der Waals surface area contributed by atoms with Gasteiger partial charge in [0.05, 0.1) is 0 Å². The molecule has 0 aliphatic carbocycles. The quantitative estimate of drug-likeness (QED) is 0.842. The minimum absolute atomic E-state index is 0.0195. The molecule has 0 aliphatic heterocycles. The summed E-state index contributed by atoms with van der Waals surface area (Å²) in [6.07, 6.45) is 1.68. The Morgan fingerprint density at radius 2 is 2.12 bits per heavy atom. The van der Waals surface area contributed by atoms with Gasteiger partial charge in [-0.2, -0.15) is 4.98 Å². The standard InChI is InChI=1S/C11H10BrN3O2/c1-5-3-6(2)8(13-4-5)9-14-10(16)7(12)11(17)15-9/h3-4H,1-2H3,(H2,14,15,16,17). The Balaban J connectivity index is 2.65. The van der Waals surface area contributed by atoms with Gasteiger partial charge >= 0.3 is 0 Å². The van der Waals surface area contributed by atoms with E-state index in [1.165, 1.54) is 0 Å². The molecule has 0 atom stereocenters. The van der Waals surface area contributed by atoms with Crippen molar-refractivity contribution in [3.8, 4) is 17.4 Å². The number of aromatic amines is 1. The number of rotatable bonds is 1. The molecule has 2 aromatic rings. The van der Waals surface area contributed by atoms with Gasteiger partial charge in [0.1, 0.15) is 10.2 Å². The highest BCUT2D eigenvalue weighted by molar-refractivity contribution is 9.10. The number of pyridine rings is 1. The van der Waals surface area contributed by atoms with Crippen LogP contribution in [0, 0.1) is 13.8 Å². The number of hydrogen-bond donors (Lipinski definition) is 2. The maximum Gasteiger partial charge on any atom is 0.269 e. The fourth-order valence-electron chi connectivity index (χ4n) is 1.52. The van der Waals surface area contributed by atoms with Crippen molar-refractivity contribution >= 4 is 15.9 Å². The fraction of sp³-hybridized carbons (Fsp3) is 0.182. The molecule has 0 saturated carbocycles. The number of nitrogens with zero attached hydrogens (tertiary/aromatic N) is 2. The SMILES string of the molecule is Cc1cnc(-c2nc(O)c(Br)c(=O)[nH]2)c(C)c1. The lowest BCUT2D eigenvalue weighted by Crippen LogP contribution is -2.10. The zero-order valence-electron chi connectivity index (χ0n) is 9.28. The van der Waals surface area contributed by atoms with E-state index in [4.69, 9.17) is 0 Å². The molecule has 2 heterocycles. The summed E-state index contributed by atoms with van der Waals surface area (Å²) in [6.45, 7) is 3.80. The van der Waals surface area contributed by atoms with Crippen molar-refractivity contribution < 1.29 is 5.11 Å². The topological polar surface area (TPSA) is 78.9 Å². The number of aromatic hydroxyl groups is 1. The summed E-state index contributed by atoms with van der Waals surface area (Å²) in [5.41, 5.74) is 2.02. The van der Waals surface area contributed by atoms with Gasteiger partial charge in [-0.1, -0.05) is 6.07 Å². The molecule has 0 radical (unpaired) electrons. The summed E-state index contributed by atoms with van der Waals surface area (Å²) in [7, 11) is 0. The van der Waals surface area contributed by atoms with Crippen molar-refractivity contribution in [3.63, 3.8) is 0 Å². The summed E-state index contributed by atoms with van der Waals surface area (Å²) < 4.78 is 0.0195. The first-order valence-corrected chi connectivity index (χ1v) is 5.70. The highest BCUT2D eigenvalue weighted by Crippen LogP contribution is 2.21. The molecule has 0 aliphatic rings. The molecule has 2 rings (SSSR count). The van der Waals surface area contributed by atoms with Gasteiger partial charge in [-0.25, -0.2) is 0 Å². The Hall–Kier alpha value is -1.69. The normalized spacial score (nSPS) is 10.5. The predicted molar refractivity (Wildman–Crippen MR) is 66.9 cm³/mol. The number of hydrogen-bond acceptors (Lipinski definition) is 4. The summed E-state index contributed by atoms with van der Waals surface area (Å²) in [5.74, 6) is -0.0845. The van der Waals surface area contributed by atoms with Crippen molar-refractivity contribution in [2.24, 2.45) is 0 Å². The van der Waals surface area contributed by atoms with Crippen LogP contribution in [0.15, 0.2) is 21.5 Å². The highest BCUT2D eigenvalue weighted by Gasteiger charge is 2.11. The molecule has 0 aromatic carbocycles. The lowest BCUT2D eigenvalue weighted by Gasteiger charge is -2.05. The summed E-state index contributed by atoms with van der Waals surface area (Å²) in [5, 5.41) is 9.48. The molecule has 88 valence electrons. The molecule has 0 fully saturated rings. The molecule has 0 spiro atoms. The number of aryl methyl sites for hydroxylation is 2. The van der Waals surface area contributed by atoms with Gasteiger partial charge in [0.25, 0.3) is 5.56 Å². The average Bonchev–Trinajstić information content (AvgIpc) is 2.25. The monoisotopic (exact) mass is 295 g/mol. The van der Waals surface area contributed by atoms with Crippen LogP contribution in [-0.4, -0.2) is 20.1 Å². The molecule has 5 nitrogen and oxygen atoms in total. The van der Waals surface area contributed by atoms with Crippen LogP contribution in [0.4, 0.5) is 0 Å². The molecule has 6 heteroatoms. The molecule has 17 heavy (non-hydrogen) atoms. The number of aromatic nitrogens is 3. The summed E-state index contributed by atoms with van der Waals surface area (Å²) in [4.78, 5) is 22.1. The van der Waals surface area contributed by atoms with Gasteiger partial charge in [0, 0.05) is 6.20 Å². The van der Waals surface area contributed by atoms with Crippen LogP contribution in [0.1, 0.15) is 11.1 Å². The van der Waals surface area contributed by atoms with Gasteiger partial charge in [-0.05, 0) is 40.9 Å². The van der Waals surface area contributed by atoms with Gasteiger partial charge in [0.15, 0.2) is 5.82 Å². The van der Waals surface area contributed by atoms with Crippen LogP contribution >= 0.6 is 15.9 Å². The number of nitrogens with one attached hydrogen (secondary N) is 1. The van der Waals surface area contributed by atoms with E-state index in [0.29, 0.717) is 5.69 Å². The van der Waals surface area contributed by atoms with Crippen molar-refractivity contribution in [3.05, 3.63) is 38.2 Å². The van der Waals surface area contributed by atoms with E-state index in [9.17, 15) is 9.90 Å². The molecule has 2 aromatic heterocycles. The van der Waals surface area contributed by atoms with Crippen LogP contribution in [0.25, 0.3) is 11.5 Å². The van der Waals surface area contributed by atoms with Crippen LogP contribution < -0.4 is 5.56 Å². The van der Waals surface area contributed by atoms with E-state index in [1.807, 2.05) is 19.9 Å². The third kappa shape index (κ3) is 2.21. The van der Waals surface area contributed by atoms with E-state index in [1.54, 1.807) is 6.20 Å². The zero-order chi connectivity index (χ0) is 12.6. The van der Waals surface area contributed by atoms with Crippen molar-refractivity contribution in [2.45, 2.75) is 13.8 Å². The van der Waals surface area contributed by atoms with Gasteiger partial charge in [0.2, 0.25) is 5.88 Å². The smallest absolute Gasteiger partial charge is 0.269 e. The largest absolute Gasteiger partial charge is 0.492 e. The molecular weight excluding hydrogens is 286 g/mol. The minimum atomic E-state index is -0.436. The predicted octanol–water partition coefficient (Wildman–Crippen LogP) is 1.92. The first-order valence-electron chi connectivity index (χ1n) is 4.91. The maximum absolute atomic E-state index is 11.5. The lowest BCUT2D eigenvalue weighted by molar-refractivity contribution is 0.448. The molecule has 2 N–H and O–H groups in total. The van der Waals surface area contributed by atoms with Crippen LogP contribution in [-0.2, 0) is 0 Å². The highest BCUT2D eigenvalue weighted by atomic mass is 79.9. The Labute approximate surface area is 106 Å². The third-order valence-corrected chi connectivity index (χ3v) is 3.00. The second-order valence-electron chi connectivity index (χ2n) is 3.73. The van der Waals surface area contributed by atoms with E-state index in [-0.39, 0.29) is 16.2 Å². The van der Waals surface area contributed by atoms with Crippen LogP contribution in [0.2, 0.25) is 0 Å². The first-order chi connectivity index (χ1) is 7.99. The zero-order valence-corrected chi connectivity index (χ0v) is 10.9. The number of H-pyrrole nitrogens is 1. The van der Waals surface area contributed by atoms with Crippen molar-refractivity contribution in [2.75, 3.05) is 0 Å². The number of halogens is 1. The lowest BCUT2D eigenvalue weighted by atomic mass is 10.1. The first kappa shape index (κ1) is 11.8. The molecule has 0 saturated heterocycles. The molecular formula is C11H10BrN3O2. The maximum atomic E-state index is 11.5. The van der Waals surface area contributed by atoms with Crippen LogP contribution in [0.3, 0.4) is 0 Å². The van der Waals surface area contributed by atoms with Crippen molar-refractivity contribution in [1.82, 2.24) is 15.0 Å². The minimum Gasteiger partial charge on any atom is -0.492 e. The van der Waals surface area contributed by atoms with Gasteiger partial charge < -0.3 is 10.1 Å². The summed E-state index contributed by atoms with van der Waals surface area (Å²) >= 11 is 2.94. The fourth-order valence-corrected chi connectivity index (χ4v) is 1.71. The van der Waals surface area contributed by atoms with E-state index >= 15 is 0 Å². The Morgan fingerprint density at radius 1 is 1.41 bits per heavy atom. The Kier molecular flexibility index (Phi) is 2.97. The van der Waals surface area contributed by atoms with E-state index in [2.05, 4.69) is 30.9 Å². The Morgan fingerprint density at radius 3 is 2.71 bits per heavy atom. The second kappa shape index (κ2) is 4.29. The summed E-state index contributed by atoms with van der Waals surface area (Å²) in [6, 6.07) is 1.93. The average molecular weight is 296 g/mol. The van der Waals surface area contributed by atoms with Crippen LogP contribution in [0.5, 0.6) is 5.88 Å². The molecule has 0 unspecified atom stereocenters. The Bertz CT molecular complexity index is 637. The second-order valence-corrected chi connectivity index (χ2v) is 4.52. The molecule has 0 amide bonds. The van der Waals surface area contributed by atoms with E-state index < -0.39 is 5.56 Å². The van der Waals surface area contributed by atoms with Gasteiger partial charge in [-0.15, -0.1) is 0 Å². The third-order valence-electron chi connectivity index (χ3n) is 2.28. The van der Waals surface area contributed by atoms with Gasteiger partial charge in [-0.3, -0.25) is 9.78 Å². The molecule has 0 bridgehead atoms. The van der Waals surface area contributed by atoms with E-state index in [0.717, 1.165) is 11.1 Å². The van der Waals surface area contributed by atoms with Crippen molar-refractivity contribution in [1.29, 1.82) is 0 Å².